The zero-order valence-electron chi connectivity index (χ0n) is 7.73. The molecule has 0 saturated carbocycles. The van der Waals surface area contributed by atoms with Crippen molar-refractivity contribution in [3.05, 3.63) is 35.7 Å². The van der Waals surface area contributed by atoms with E-state index in [1.165, 1.54) is 0 Å². The molecule has 0 unspecified atom stereocenters. The summed E-state index contributed by atoms with van der Waals surface area (Å²) in [7, 11) is 1.60. The molecule has 2 nitrogen and oxygen atoms in total. The third kappa shape index (κ3) is 1.46. The van der Waals surface area contributed by atoms with Crippen LogP contribution in [0, 0.1) is 0 Å². The summed E-state index contributed by atoms with van der Waals surface area (Å²) in [4.78, 5) is 1.01. The van der Waals surface area contributed by atoms with Gasteiger partial charge in [0, 0.05) is 4.88 Å². The van der Waals surface area contributed by atoms with Crippen molar-refractivity contribution >= 4 is 11.3 Å². The van der Waals surface area contributed by atoms with E-state index in [1.54, 1.807) is 30.6 Å². The number of hydrogen-bond donors (Lipinski definition) is 1. The number of phenolic OH excluding ortho intramolecular Hbond substituents is 1. The minimum Gasteiger partial charge on any atom is -0.507 e. The molecule has 14 heavy (non-hydrogen) atoms. The SMILES string of the molecule is COc1cccc(O)c1-c1cccs1. The van der Waals surface area contributed by atoms with Crippen LogP contribution in [0.15, 0.2) is 35.7 Å². The summed E-state index contributed by atoms with van der Waals surface area (Å²) in [6, 6.07) is 9.19. The van der Waals surface area contributed by atoms with E-state index in [4.69, 9.17) is 4.74 Å². The average molecular weight is 206 g/mol. The van der Waals surface area contributed by atoms with Gasteiger partial charge in [0.05, 0.1) is 12.7 Å². The Morgan fingerprint density at radius 2 is 2.07 bits per heavy atom. The van der Waals surface area contributed by atoms with E-state index in [2.05, 4.69) is 0 Å². The first-order chi connectivity index (χ1) is 6.83. The number of benzene rings is 1. The molecule has 0 aliphatic heterocycles. The number of aromatic hydroxyl groups is 1. The molecule has 0 amide bonds. The molecule has 0 radical (unpaired) electrons. The van der Waals surface area contributed by atoms with Crippen LogP contribution < -0.4 is 4.74 Å². The van der Waals surface area contributed by atoms with E-state index in [-0.39, 0.29) is 5.75 Å². The molecule has 3 heteroatoms. The van der Waals surface area contributed by atoms with Gasteiger partial charge >= 0.3 is 0 Å². The Hall–Kier alpha value is -1.48. The predicted molar refractivity (Wildman–Crippen MR) is 58.0 cm³/mol. The van der Waals surface area contributed by atoms with Crippen LogP contribution in [-0.4, -0.2) is 12.2 Å². The molecule has 2 rings (SSSR count). The maximum atomic E-state index is 9.72. The maximum Gasteiger partial charge on any atom is 0.131 e. The predicted octanol–water partition coefficient (Wildman–Crippen LogP) is 3.13. The van der Waals surface area contributed by atoms with Gasteiger partial charge in [-0.2, -0.15) is 0 Å². The average Bonchev–Trinajstić information content (AvgIpc) is 2.70. The largest absolute Gasteiger partial charge is 0.507 e. The molecule has 0 spiro atoms. The first kappa shape index (κ1) is 9.09. The first-order valence-electron chi connectivity index (χ1n) is 4.23. The Labute approximate surface area is 86.4 Å². The second-order valence-electron chi connectivity index (χ2n) is 2.83. The Kier molecular flexibility index (Phi) is 2.41. The Morgan fingerprint density at radius 1 is 1.21 bits per heavy atom. The van der Waals surface area contributed by atoms with Gasteiger partial charge in [0.2, 0.25) is 0 Å². The molecule has 0 bridgehead atoms. The summed E-state index contributed by atoms with van der Waals surface area (Å²) in [6.45, 7) is 0. The number of methoxy groups -OCH3 is 1. The smallest absolute Gasteiger partial charge is 0.131 e. The highest BCUT2D eigenvalue weighted by atomic mass is 32.1. The first-order valence-corrected chi connectivity index (χ1v) is 5.10. The molecule has 1 heterocycles. The number of phenols is 1. The molecular formula is C11H10O2S. The van der Waals surface area contributed by atoms with Gasteiger partial charge in [-0.05, 0) is 23.6 Å². The lowest BCUT2D eigenvalue weighted by atomic mass is 10.1. The highest BCUT2D eigenvalue weighted by Crippen LogP contribution is 2.39. The van der Waals surface area contributed by atoms with Crippen LogP contribution in [0.25, 0.3) is 10.4 Å². The van der Waals surface area contributed by atoms with Gasteiger partial charge in [0.15, 0.2) is 0 Å². The van der Waals surface area contributed by atoms with Crippen molar-refractivity contribution in [2.45, 2.75) is 0 Å². The standard InChI is InChI=1S/C11H10O2S/c1-13-9-5-2-4-8(12)11(9)10-6-3-7-14-10/h2-7,12H,1H3. The summed E-state index contributed by atoms with van der Waals surface area (Å²) < 4.78 is 5.20. The summed E-state index contributed by atoms with van der Waals surface area (Å²) >= 11 is 1.58. The van der Waals surface area contributed by atoms with E-state index in [1.807, 2.05) is 23.6 Å². The number of ether oxygens (including phenoxy) is 1. The highest BCUT2D eigenvalue weighted by molar-refractivity contribution is 7.13. The van der Waals surface area contributed by atoms with Crippen LogP contribution in [0.4, 0.5) is 0 Å². The molecule has 0 atom stereocenters. The van der Waals surface area contributed by atoms with Crippen molar-refractivity contribution in [3.8, 4) is 21.9 Å². The van der Waals surface area contributed by atoms with Crippen LogP contribution in [0.1, 0.15) is 0 Å². The van der Waals surface area contributed by atoms with E-state index >= 15 is 0 Å². The Bertz CT molecular complexity index is 421. The lowest BCUT2D eigenvalue weighted by Crippen LogP contribution is -1.86. The minimum atomic E-state index is 0.256. The van der Waals surface area contributed by atoms with Gasteiger partial charge in [0.25, 0.3) is 0 Å². The molecule has 72 valence electrons. The van der Waals surface area contributed by atoms with Crippen LogP contribution in [-0.2, 0) is 0 Å². The molecule has 1 N–H and O–H groups in total. The van der Waals surface area contributed by atoms with Gasteiger partial charge in [-0.1, -0.05) is 12.1 Å². The van der Waals surface area contributed by atoms with Gasteiger partial charge in [-0.15, -0.1) is 11.3 Å². The maximum absolute atomic E-state index is 9.72. The summed E-state index contributed by atoms with van der Waals surface area (Å²) in [5.74, 6) is 0.958. The van der Waals surface area contributed by atoms with Crippen molar-refractivity contribution < 1.29 is 9.84 Å². The third-order valence-electron chi connectivity index (χ3n) is 1.99. The second kappa shape index (κ2) is 3.72. The lowest BCUT2D eigenvalue weighted by Gasteiger charge is -2.07. The quantitative estimate of drug-likeness (QED) is 0.818. The highest BCUT2D eigenvalue weighted by Gasteiger charge is 2.10. The van der Waals surface area contributed by atoms with Gasteiger partial charge in [-0.3, -0.25) is 0 Å². The number of hydrogen-bond acceptors (Lipinski definition) is 3. The molecule has 0 saturated heterocycles. The summed E-state index contributed by atoms with van der Waals surface area (Å²) in [5, 5.41) is 11.7. The zero-order chi connectivity index (χ0) is 9.97. The van der Waals surface area contributed by atoms with Crippen molar-refractivity contribution in [1.82, 2.24) is 0 Å². The van der Waals surface area contributed by atoms with Crippen molar-refractivity contribution in [2.75, 3.05) is 7.11 Å². The Morgan fingerprint density at radius 3 is 2.71 bits per heavy atom. The fourth-order valence-electron chi connectivity index (χ4n) is 1.36. The summed E-state index contributed by atoms with van der Waals surface area (Å²) in [6.07, 6.45) is 0. The van der Waals surface area contributed by atoms with Crippen molar-refractivity contribution in [1.29, 1.82) is 0 Å². The molecule has 0 aliphatic carbocycles. The van der Waals surface area contributed by atoms with Crippen LogP contribution in [0.2, 0.25) is 0 Å². The fourth-order valence-corrected chi connectivity index (χ4v) is 2.14. The normalized spacial score (nSPS) is 10.1. The van der Waals surface area contributed by atoms with Crippen LogP contribution >= 0.6 is 11.3 Å². The molecule has 0 aliphatic rings. The van der Waals surface area contributed by atoms with Crippen molar-refractivity contribution in [2.24, 2.45) is 0 Å². The van der Waals surface area contributed by atoms with Crippen LogP contribution in [0.5, 0.6) is 11.5 Å². The van der Waals surface area contributed by atoms with E-state index in [9.17, 15) is 5.11 Å². The number of rotatable bonds is 2. The molecule has 1 aromatic carbocycles. The minimum absolute atomic E-state index is 0.256. The Balaban J connectivity index is 2.61. The fraction of sp³-hybridized carbons (Fsp3) is 0.0909. The van der Waals surface area contributed by atoms with E-state index < -0.39 is 0 Å². The van der Waals surface area contributed by atoms with Gasteiger partial charge in [0.1, 0.15) is 11.5 Å². The van der Waals surface area contributed by atoms with Gasteiger partial charge < -0.3 is 9.84 Å². The lowest BCUT2D eigenvalue weighted by molar-refractivity contribution is 0.410. The van der Waals surface area contributed by atoms with Crippen LogP contribution in [0.3, 0.4) is 0 Å². The monoisotopic (exact) mass is 206 g/mol. The number of thiophene rings is 1. The zero-order valence-corrected chi connectivity index (χ0v) is 8.54. The van der Waals surface area contributed by atoms with E-state index in [0.29, 0.717) is 5.75 Å². The summed E-state index contributed by atoms with van der Waals surface area (Å²) in [5.41, 5.74) is 0.769. The van der Waals surface area contributed by atoms with E-state index in [0.717, 1.165) is 10.4 Å². The van der Waals surface area contributed by atoms with Crippen molar-refractivity contribution in [3.63, 3.8) is 0 Å². The molecule has 0 fully saturated rings. The molecule has 2 aromatic rings. The third-order valence-corrected chi connectivity index (χ3v) is 2.88. The molecular weight excluding hydrogens is 196 g/mol. The van der Waals surface area contributed by atoms with Gasteiger partial charge in [-0.25, -0.2) is 0 Å². The molecule has 1 aromatic heterocycles. The second-order valence-corrected chi connectivity index (χ2v) is 3.78. The topological polar surface area (TPSA) is 29.5 Å².